The van der Waals surface area contributed by atoms with Crippen molar-refractivity contribution >= 4 is 11.9 Å². The fraction of sp³-hybridized carbons (Fsp3) is 0.636. The van der Waals surface area contributed by atoms with Gasteiger partial charge in [-0.25, -0.2) is 0 Å². The molecule has 2 aliphatic rings. The standard InChI is InChI=1S/C22H31NO5/c1-26-12-9-17(20(24)27-2)14-22(10-5-6-11-22)21(25)23-15-18-13-16-7-3-4-8-19(16)28-18/h3-4,7-8,17-18H,5-6,9-15H2,1-2H3,(H,23,25). The van der Waals surface area contributed by atoms with Crippen LogP contribution in [0.2, 0.25) is 0 Å². The van der Waals surface area contributed by atoms with Crippen LogP contribution < -0.4 is 10.1 Å². The summed E-state index contributed by atoms with van der Waals surface area (Å²) in [4.78, 5) is 25.4. The quantitative estimate of drug-likeness (QED) is 0.658. The summed E-state index contributed by atoms with van der Waals surface area (Å²) < 4.78 is 16.1. The number of fused-ring (bicyclic) bond motifs is 1. The van der Waals surface area contributed by atoms with Gasteiger partial charge in [0, 0.05) is 25.6 Å². The molecule has 2 atom stereocenters. The van der Waals surface area contributed by atoms with Crippen LogP contribution in [0.1, 0.15) is 44.1 Å². The van der Waals surface area contributed by atoms with Crippen LogP contribution in [0.3, 0.4) is 0 Å². The average molecular weight is 389 g/mol. The lowest BCUT2D eigenvalue weighted by atomic mass is 9.76. The number of nitrogens with one attached hydrogen (secondary N) is 1. The van der Waals surface area contributed by atoms with Crippen molar-refractivity contribution in [2.24, 2.45) is 11.3 Å². The summed E-state index contributed by atoms with van der Waals surface area (Å²) in [6.07, 6.45) is 5.50. The van der Waals surface area contributed by atoms with Crippen molar-refractivity contribution in [2.45, 2.75) is 51.0 Å². The number of para-hydroxylation sites is 1. The number of hydrogen-bond acceptors (Lipinski definition) is 5. The van der Waals surface area contributed by atoms with Crippen molar-refractivity contribution in [2.75, 3.05) is 27.4 Å². The first kappa shape index (κ1) is 20.6. The lowest BCUT2D eigenvalue weighted by Crippen LogP contribution is -2.45. The van der Waals surface area contributed by atoms with E-state index in [0.717, 1.165) is 37.9 Å². The van der Waals surface area contributed by atoms with Gasteiger partial charge < -0.3 is 19.5 Å². The molecule has 6 heteroatoms. The van der Waals surface area contributed by atoms with Crippen LogP contribution in [0.4, 0.5) is 0 Å². The molecule has 1 heterocycles. The Kier molecular flexibility index (Phi) is 6.94. The minimum absolute atomic E-state index is 0.0373. The molecule has 1 amide bonds. The number of benzene rings is 1. The minimum Gasteiger partial charge on any atom is -0.488 e. The molecule has 1 saturated carbocycles. The molecule has 1 aliphatic carbocycles. The van der Waals surface area contributed by atoms with Crippen LogP contribution in [-0.4, -0.2) is 45.4 Å². The first-order valence-corrected chi connectivity index (χ1v) is 10.2. The highest BCUT2D eigenvalue weighted by atomic mass is 16.5. The summed E-state index contributed by atoms with van der Waals surface area (Å²) in [6.45, 7) is 0.960. The van der Waals surface area contributed by atoms with Gasteiger partial charge >= 0.3 is 5.97 Å². The second-order valence-electron chi connectivity index (χ2n) is 7.95. The second-order valence-corrected chi connectivity index (χ2v) is 7.95. The predicted octanol–water partition coefficient (Wildman–Crippen LogP) is 2.88. The van der Waals surface area contributed by atoms with E-state index < -0.39 is 5.41 Å². The third-order valence-electron chi connectivity index (χ3n) is 6.09. The number of esters is 1. The van der Waals surface area contributed by atoms with E-state index in [1.807, 2.05) is 18.2 Å². The fourth-order valence-corrected chi connectivity index (χ4v) is 4.54. The highest BCUT2D eigenvalue weighted by Crippen LogP contribution is 2.44. The van der Waals surface area contributed by atoms with Crippen molar-refractivity contribution in [3.8, 4) is 5.75 Å². The third kappa shape index (κ3) is 4.66. The largest absolute Gasteiger partial charge is 0.488 e. The normalized spacial score (nSPS) is 20.9. The average Bonchev–Trinajstić information content (AvgIpc) is 3.36. The van der Waals surface area contributed by atoms with Crippen molar-refractivity contribution in [3.05, 3.63) is 29.8 Å². The molecule has 1 aromatic rings. The molecule has 0 radical (unpaired) electrons. The Hall–Kier alpha value is -2.08. The Labute approximate surface area is 166 Å². The number of hydrogen-bond donors (Lipinski definition) is 1. The topological polar surface area (TPSA) is 73.9 Å². The van der Waals surface area contributed by atoms with Crippen molar-refractivity contribution < 1.29 is 23.8 Å². The van der Waals surface area contributed by atoms with Crippen molar-refractivity contribution in [1.29, 1.82) is 0 Å². The number of carbonyl (C=O) groups excluding carboxylic acids is 2. The Morgan fingerprint density at radius 1 is 1.25 bits per heavy atom. The van der Waals surface area contributed by atoms with Crippen LogP contribution in [0.5, 0.6) is 5.75 Å². The van der Waals surface area contributed by atoms with E-state index in [0.29, 0.717) is 26.0 Å². The van der Waals surface area contributed by atoms with Crippen LogP contribution in [0.25, 0.3) is 0 Å². The molecule has 0 aromatic heterocycles. The maximum absolute atomic E-state index is 13.2. The molecular formula is C22H31NO5. The van der Waals surface area contributed by atoms with Crippen molar-refractivity contribution in [3.63, 3.8) is 0 Å². The van der Waals surface area contributed by atoms with Crippen LogP contribution in [0, 0.1) is 11.3 Å². The summed E-state index contributed by atoms with van der Waals surface area (Å²) >= 11 is 0. The molecule has 1 aliphatic heterocycles. The van der Waals surface area contributed by atoms with E-state index in [9.17, 15) is 9.59 Å². The van der Waals surface area contributed by atoms with Crippen LogP contribution >= 0.6 is 0 Å². The molecule has 154 valence electrons. The van der Waals surface area contributed by atoms with Gasteiger partial charge in [0.25, 0.3) is 0 Å². The molecule has 6 nitrogen and oxygen atoms in total. The molecule has 3 rings (SSSR count). The minimum atomic E-state index is -0.502. The van der Waals surface area contributed by atoms with Gasteiger partial charge in [0.2, 0.25) is 5.91 Å². The molecular weight excluding hydrogens is 358 g/mol. The number of ether oxygens (including phenoxy) is 3. The number of methoxy groups -OCH3 is 2. The highest BCUT2D eigenvalue weighted by Gasteiger charge is 2.44. The molecule has 0 spiro atoms. The zero-order valence-electron chi connectivity index (χ0n) is 16.9. The highest BCUT2D eigenvalue weighted by molar-refractivity contribution is 5.84. The van der Waals surface area contributed by atoms with E-state index in [-0.39, 0.29) is 23.9 Å². The van der Waals surface area contributed by atoms with E-state index >= 15 is 0 Å². The molecule has 0 bridgehead atoms. The SMILES string of the molecule is COCCC(CC1(C(=O)NCC2Cc3ccccc3O2)CCCC1)C(=O)OC. The van der Waals surface area contributed by atoms with Gasteiger partial charge in [-0.05, 0) is 37.3 Å². The summed E-state index contributed by atoms with van der Waals surface area (Å²) in [5.41, 5.74) is 0.681. The van der Waals surface area contributed by atoms with Gasteiger partial charge in [-0.1, -0.05) is 31.0 Å². The summed E-state index contributed by atoms with van der Waals surface area (Å²) in [5.74, 6) is 0.366. The van der Waals surface area contributed by atoms with E-state index in [4.69, 9.17) is 14.2 Å². The van der Waals surface area contributed by atoms with Crippen molar-refractivity contribution in [1.82, 2.24) is 5.32 Å². The van der Waals surface area contributed by atoms with Gasteiger partial charge in [-0.2, -0.15) is 0 Å². The summed E-state index contributed by atoms with van der Waals surface area (Å²) in [5, 5.41) is 3.11. The summed E-state index contributed by atoms with van der Waals surface area (Å²) in [7, 11) is 3.02. The number of amides is 1. The molecule has 1 fully saturated rings. The monoisotopic (exact) mass is 389 g/mol. The predicted molar refractivity (Wildman–Crippen MR) is 105 cm³/mol. The van der Waals surface area contributed by atoms with E-state index in [2.05, 4.69) is 11.4 Å². The Balaban J connectivity index is 1.60. The van der Waals surface area contributed by atoms with Gasteiger partial charge in [0.05, 0.1) is 19.6 Å². The lowest BCUT2D eigenvalue weighted by Gasteiger charge is -2.31. The number of rotatable bonds is 9. The third-order valence-corrected chi connectivity index (χ3v) is 6.09. The molecule has 1 aromatic carbocycles. The van der Waals surface area contributed by atoms with E-state index in [1.54, 1.807) is 7.11 Å². The molecule has 0 saturated heterocycles. The second kappa shape index (κ2) is 9.41. The zero-order valence-corrected chi connectivity index (χ0v) is 16.9. The molecule has 2 unspecified atom stereocenters. The smallest absolute Gasteiger partial charge is 0.308 e. The Morgan fingerprint density at radius 3 is 2.68 bits per heavy atom. The number of carbonyl (C=O) groups is 2. The van der Waals surface area contributed by atoms with Crippen LogP contribution in [0.15, 0.2) is 24.3 Å². The first-order valence-electron chi connectivity index (χ1n) is 10.2. The Morgan fingerprint density at radius 2 is 2.00 bits per heavy atom. The van der Waals surface area contributed by atoms with Gasteiger partial charge in [0.1, 0.15) is 11.9 Å². The molecule has 1 N–H and O–H groups in total. The Bertz CT molecular complexity index is 658. The van der Waals surface area contributed by atoms with E-state index in [1.165, 1.54) is 12.7 Å². The maximum Gasteiger partial charge on any atom is 0.308 e. The maximum atomic E-state index is 13.2. The zero-order chi connectivity index (χ0) is 20.0. The van der Waals surface area contributed by atoms with Gasteiger partial charge in [-0.3, -0.25) is 9.59 Å². The fourth-order valence-electron chi connectivity index (χ4n) is 4.54. The molecule has 28 heavy (non-hydrogen) atoms. The first-order chi connectivity index (χ1) is 13.6. The van der Waals surface area contributed by atoms with Crippen LogP contribution in [-0.2, 0) is 25.5 Å². The van der Waals surface area contributed by atoms with Gasteiger partial charge in [-0.15, -0.1) is 0 Å². The summed E-state index contributed by atoms with van der Waals surface area (Å²) in [6, 6.07) is 7.99. The lowest BCUT2D eigenvalue weighted by molar-refractivity contribution is -0.148. The van der Waals surface area contributed by atoms with Gasteiger partial charge in [0.15, 0.2) is 0 Å².